The monoisotopic (exact) mass is 371 g/mol. The number of aryl methyl sites for hydroxylation is 2. The summed E-state index contributed by atoms with van der Waals surface area (Å²) in [6.45, 7) is 5.03. The molecular weight excluding hydrogens is 350 g/mol. The van der Waals surface area contributed by atoms with Crippen molar-refractivity contribution in [3.63, 3.8) is 0 Å². The Balaban J connectivity index is 1.82. The van der Waals surface area contributed by atoms with Crippen molar-refractivity contribution < 1.29 is 19.1 Å². The van der Waals surface area contributed by atoms with E-state index in [1.54, 1.807) is 24.3 Å². The average molecular weight is 371 g/mol. The summed E-state index contributed by atoms with van der Waals surface area (Å²) in [6.07, 6.45) is 0. The highest BCUT2D eigenvalue weighted by Crippen LogP contribution is 2.23. The van der Waals surface area contributed by atoms with Gasteiger partial charge in [0.05, 0.1) is 11.4 Å². The third-order valence-electron chi connectivity index (χ3n) is 3.62. The zero-order chi connectivity index (χ0) is 19.1. The molecule has 1 N–H and O–H groups in total. The number of thioether (sulfide) groups is 1. The standard InChI is InChI=1S/C20H21NO4S/c1-13-8-9-18(14(2)10-13)26-12-20(24)25-11-19(23)21-17-7-5-4-6-16(17)15(3)22/h4-10H,11-12H2,1-3H3,(H,21,23). The van der Waals surface area contributed by atoms with Crippen molar-refractivity contribution in [2.45, 2.75) is 25.7 Å². The van der Waals surface area contributed by atoms with Gasteiger partial charge in [0, 0.05) is 10.5 Å². The van der Waals surface area contributed by atoms with Crippen LogP contribution in [0.25, 0.3) is 0 Å². The number of nitrogens with one attached hydrogen (secondary N) is 1. The van der Waals surface area contributed by atoms with Crippen molar-refractivity contribution in [1.29, 1.82) is 0 Å². The van der Waals surface area contributed by atoms with Crippen LogP contribution in [0.3, 0.4) is 0 Å². The number of hydrogen-bond acceptors (Lipinski definition) is 5. The van der Waals surface area contributed by atoms with Gasteiger partial charge in [-0.05, 0) is 44.5 Å². The molecule has 0 unspecified atom stereocenters. The van der Waals surface area contributed by atoms with Crippen LogP contribution in [0.15, 0.2) is 47.4 Å². The van der Waals surface area contributed by atoms with Crippen LogP contribution in [0.1, 0.15) is 28.4 Å². The number of amides is 1. The molecule has 0 fully saturated rings. The fraction of sp³-hybridized carbons (Fsp3) is 0.250. The zero-order valence-electron chi connectivity index (χ0n) is 15.0. The first-order chi connectivity index (χ1) is 12.4. The van der Waals surface area contributed by atoms with Gasteiger partial charge in [0.15, 0.2) is 12.4 Å². The van der Waals surface area contributed by atoms with Gasteiger partial charge in [0.2, 0.25) is 0 Å². The molecule has 0 aliphatic rings. The van der Waals surface area contributed by atoms with Crippen LogP contribution < -0.4 is 5.32 Å². The summed E-state index contributed by atoms with van der Waals surface area (Å²) >= 11 is 1.37. The molecule has 0 aliphatic carbocycles. The molecule has 2 rings (SSSR count). The second kappa shape index (κ2) is 9.20. The van der Waals surface area contributed by atoms with E-state index < -0.39 is 18.5 Å². The number of ketones is 1. The van der Waals surface area contributed by atoms with Gasteiger partial charge in [0.1, 0.15) is 0 Å². The van der Waals surface area contributed by atoms with Crippen molar-refractivity contribution in [3.8, 4) is 0 Å². The summed E-state index contributed by atoms with van der Waals surface area (Å²) in [4.78, 5) is 36.4. The third kappa shape index (κ3) is 5.74. The van der Waals surface area contributed by atoms with E-state index >= 15 is 0 Å². The van der Waals surface area contributed by atoms with E-state index in [0.29, 0.717) is 11.3 Å². The van der Waals surface area contributed by atoms with E-state index in [2.05, 4.69) is 5.32 Å². The minimum absolute atomic E-state index is 0.126. The first-order valence-electron chi connectivity index (χ1n) is 8.12. The molecule has 136 valence electrons. The Morgan fingerprint density at radius 2 is 1.81 bits per heavy atom. The fourth-order valence-corrected chi connectivity index (χ4v) is 3.18. The predicted octanol–water partition coefficient (Wildman–Crippen LogP) is 3.78. The first kappa shape index (κ1) is 19.7. The molecule has 6 heteroatoms. The van der Waals surface area contributed by atoms with E-state index in [1.807, 2.05) is 32.0 Å². The number of carbonyl (C=O) groups excluding carboxylic acids is 3. The molecule has 1 amide bonds. The van der Waals surface area contributed by atoms with E-state index in [-0.39, 0.29) is 11.5 Å². The van der Waals surface area contributed by atoms with Crippen LogP contribution in [-0.2, 0) is 14.3 Å². The Labute approximate surface area is 157 Å². The van der Waals surface area contributed by atoms with E-state index in [9.17, 15) is 14.4 Å². The molecule has 2 aromatic carbocycles. The van der Waals surface area contributed by atoms with Gasteiger partial charge in [-0.2, -0.15) is 0 Å². The lowest BCUT2D eigenvalue weighted by molar-refractivity contribution is -0.144. The van der Waals surface area contributed by atoms with E-state index in [0.717, 1.165) is 16.0 Å². The lowest BCUT2D eigenvalue weighted by atomic mass is 10.1. The molecule has 2 aromatic rings. The summed E-state index contributed by atoms with van der Waals surface area (Å²) < 4.78 is 5.00. The highest BCUT2D eigenvalue weighted by molar-refractivity contribution is 8.00. The average Bonchev–Trinajstić information content (AvgIpc) is 2.59. The Kier molecular flexibility index (Phi) is 6.97. The second-order valence-corrected chi connectivity index (χ2v) is 6.89. The largest absolute Gasteiger partial charge is 0.455 e. The van der Waals surface area contributed by atoms with Crippen LogP contribution in [-0.4, -0.2) is 30.0 Å². The number of para-hydroxylation sites is 1. The number of esters is 1. The molecule has 0 saturated carbocycles. The molecule has 0 saturated heterocycles. The normalized spacial score (nSPS) is 10.3. The van der Waals surface area contributed by atoms with Crippen molar-refractivity contribution in [2.24, 2.45) is 0 Å². The molecule has 0 atom stereocenters. The maximum atomic E-state index is 12.0. The summed E-state index contributed by atoms with van der Waals surface area (Å²) in [7, 11) is 0. The third-order valence-corrected chi connectivity index (χ3v) is 4.77. The minimum atomic E-state index is -0.483. The van der Waals surface area contributed by atoms with Crippen LogP contribution in [0.5, 0.6) is 0 Å². The Morgan fingerprint density at radius 1 is 1.08 bits per heavy atom. The summed E-state index contributed by atoms with van der Waals surface area (Å²) in [5, 5.41) is 2.59. The van der Waals surface area contributed by atoms with Crippen molar-refractivity contribution in [2.75, 3.05) is 17.7 Å². The Morgan fingerprint density at radius 3 is 2.50 bits per heavy atom. The number of anilines is 1. The van der Waals surface area contributed by atoms with Gasteiger partial charge in [-0.1, -0.05) is 29.8 Å². The topological polar surface area (TPSA) is 72.5 Å². The van der Waals surface area contributed by atoms with Gasteiger partial charge in [-0.25, -0.2) is 0 Å². The lowest BCUT2D eigenvalue weighted by Crippen LogP contribution is -2.22. The van der Waals surface area contributed by atoms with Gasteiger partial charge < -0.3 is 10.1 Å². The zero-order valence-corrected chi connectivity index (χ0v) is 15.8. The molecule has 0 spiro atoms. The smallest absolute Gasteiger partial charge is 0.316 e. The summed E-state index contributed by atoms with van der Waals surface area (Å²) in [5.74, 6) is -0.974. The minimum Gasteiger partial charge on any atom is -0.455 e. The highest BCUT2D eigenvalue weighted by atomic mass is 32.2. The fourth-order valence-electron chi connectivity index (χ4n) is 2.37. The number of ether oxygens (including phenoxy) is 1. The number of Topliss-reactive ketones (excluding diaryl/α,β-unsaturated/α-hetero) is 1. The van der Waals surface area contributed by atoms with Gasteiger partial charge in [-0.3, -0.25) is 14.4 Å². The quantitative estimate of drug-likeness (QED) is 0.456. The number of rotatable bonds is 7. The van der Waals surface area contributed by atoms with E-state index in [1.165, 1.54) is 18.7 Å². The maximum Gasteiger partial charge on any atom is 0.316 e. The van der Waals surface area contributed by atoms with Crippen molar-refractivity contribution in [1.82, 2.24) is 0 Å². The van der Waals surface area contributed by atoms with Gasteiger partial charge in [-0.15, -0.1) is 11.8 Å². The molecule has 0 radical (unpaired) electrons. The highest BCUT2D eigenvalue weighted by Gasteiger charge is 2.12. The first-order valence-corrected chi connectivity index (χ1v) is 9.11. The molecule has 0 heterocycles. The van der Waals surface area contributed by atoms with Crippen LogP contribution >= 0.6 is 11.8 Å². The van der Waals surface area contributed by atoms with E-state index in [4.69, 9.17) is 4.74 Å². The number of hydrogen-bond donors (Lipinski definition) is 1. The van der Waals surface area contributed by atoms with Crippen LogP contribution in [0.2, 0.25) is 0 Å². The summed E-state index contributed by atoms with van der Waals surface area (Å²) in [5.41, 5.74) is 3.08. The maximum absolute atomic E-state index is 12.0. The predicted molar refractivity (Wildman–Crippen MR) is 103 cm³/mol. The molecule has 26 heavy (non-hydrogen) atoms. The van der Waals surface area contributed by atoms with Gasteiger partial charge in [0.25, 0.3) is 5.91 Å². The molecule has 0 bridgehead atoms. The van der Waals surface area contributed by atoms with Crippen molar-refractivity contribution in [3.05, 3.63) is 59.2 Å². The molecule has 0 aromatic heterocycles. The SMILES string of the molecule is CC(=O)c1ccccc1NC(=O)COC(=O)CSc1ccc(C)cc1C. The molecule has 5 nitrogen and oxygen atoms in total. The van der Waals surface area contributed by atoms with Crippen LogP contribution in [0, 0.1) is 13.8 Å². The summed E-state index contributed by atoms with van der Waals surface area (Å²) in [6, 6.07) is 12.7. The molecule has 0 aliphatic heterocycles. The molecular formula is C20H21NO4S. The number of carbonyl (C=O) groups is 3. The van der Waals surface area contributed by atoms with Crippen molar-refractivity contribution >= 4 is 35.1 Å². The number of benzene rings is 2. The van der Waals surface area contributed by atoms with Gasteiger partial charge >= 0.3 is 5.97 Å². The lowest BCUT2D eigenvalue weighted by Gasteiger charge is -2.10. The Bertz CT molecular complexity index is 832. The second-order valence-electron chi connectivity index (χ2n) is 5.87. The Hall–Kier alpha value is -2.60. The van der Waals surface area contributed by atoms with Crippen LogP contribution in [0.4, 0.5) is 5.69 Å².